The Hall–Kier alpha value is -1.32. The molecule has 1 aliphatic carbocycles. The third-order valence-corrected chi connectivity index (χ3v) is 3.02. The van der Waals surface area contributed by atoms with Crippen molar-refractivity contribution in [1.29, 1.82) is 0 Å². The molecule has 18 heavy (non-hydrogen) atoms. The summed E-state index contributed by atoms with van der Waals surface area (Å²) < 4.78 is 10.6. The van der Waals surface area contributed by atoms with Gasteiger partial charge in [0, 0.05) is 25.8 Å². The summed E-state index contributed by atoms with van der Waals surface area (Å²) in [5, 5.41) is 0. The fourth-order valence-corrected chi connectivity index (χ4v) is 2.33. The standard InChI is InChI=1S/C14H22O4/c1-4-5-6-8-13-9-7-10-14(13,17-11(2)15)18-12(3)16/h9H,4-8,10H2,1-3H3. The number of carbonyl (C=O) groups is 2. The van der Waals surface area contributed by atoms with Crippen LogP contribution in [0.4, 0.5) is 0 Å². The smallest absolute Gasteiger partial charge is 0.306 e. The van der Waals surface area contributed by atoms with Crippen LogP contribution in [-0.2, 0) is 19.1 Å². The van der Waals surface area contributed by atoms with Crippen LogP contribution in [0.3, 0.4) is 0 Å². The van der Waals surface area contributed by atoms with E-state index in [4.69, 9.17) is 9.47 Å². The van der Waals surface area contributed by atoms with Gasteiger partial charge in [0.15, 0.2) is 0 Å². The van der Waals surface area contributed by atoms with Gasteiger partial charge in [0.25, 0.3) is 5.79 Å². The van der Waals surface area contributed by atoms with Crippen LogP contribution in [0.1, 0.15) is 59.3 Å². The molecule has 1 rings (SSSR count). The van der Waals surface area contributed by atoms with Gasteiger partial charge in [-0.05, 0) is 19.3 Å². The number of esters is 2. The highest BCUT2D eigenvalue weighted by Crippen LogP contribution is 2.38. The molecule has 0 amide bonds. The first-order chi connectivity index (χ1) is 8.50. The van der Waals surface area contributed by atoms with Gasteiger partial charge in [-0.3, -0.25) is 9.59 Å². The number of allylic oxidation sites excluding steroid dienone is 1. The van der Waals surface area contributed by atoms with Crippen molar-refractivity contribution in [3.63, 3.8) is 0 Å². The van der Waals surface area contributed by atoms with Crippen molar-refractivity contribution < 1.29 is 19.1 Å². The van der Waals surface area contributed by atoms with Gasteiger partial charge in [-0.1, -0.05) is 25.8 Å². The SMILES string of the molecule is CCCCCC1=CCCC1(OC(C)=O)OC(C)=O. The van der Waals surface area contributed by atoms with E-state index in [1.54, 1.807) is 0 Å². The Balaban J connectivity index is 2.77. The van der Waals surface area contributed by atoms with Crippen molar-refractivity contribution >= 4 is 11.9 Å². The van der Waals surface area contributed by atoms with Crippen LogP contribution in [0.25, 0.3) is 0 Å². The highest BCUT2D eigenvalue weighted by Gasteiger charge is 2.43. The van der Waals surface area contributed by atoms with Crippen LogP contribution < -0.4 is 0 Å². The first-order valence-electron chi connectivity index (χ1n) is 6.59. The van der Waals surface area contributed by atoms with Gasteiger partial charge in [0.2, 0.25) is 0 Å². The monoisotopic (exact) mass is 254 g/mol. The molecule has 0 atom stereocenters. The van der Waals surface area contributed by atoms with Crippen LogP contribution in [0, 0.1) is 0 Å². The summed E-state index contributed by atoms with van der Waals surface area (Å²) in [6, 6.07) is 0. The van der Waals surface area contributed by atoms with Gasteiger partial charge in [0.1, 0.15) is 0 Å². The average molecular weight is 254 g/mol. The third-order valence-electron chi connectivity index (χ3n) is 3.02. The van der Waals surface area contributed by atoms with Crippen LogP contribution >= 0.6 is 0 Å². The highest BCUT2D eigenvalue weighted by molar-refractivity contribution is 5.69. The molecule has 0 saturated carbocycles. The highest BCUT2D eigenvalue weighted by atomic mass is 16.7. The second-order valence-corrected chi connectivity index (χ2v) is 4.67. The summed E-state index contributed by atoms with van der Waals surface area (Å²) in [5.41, 5.74) is 0.932. The minimum atomic E-state index is -1.13. The first kappa shape index (κ1) is 14.7. The Kier molecular flexibility index (Phi) is 5.38. The Morgan fingerprint density at radius 2 is 1.83 bits per heavy atom. The molecule has 4 nitrogen and oxygen atoms in total. The molecule has 0 aromatic carbocycles. The summed E-state index contributed by atoms with van der Waals surface area (Å²) in [7, 11) is 0. The molecule has 1 aliphatic rings. The molecule has 0 saturated heterocycles. The van der Waals surface area contributed by atoms with E-state index in [9.17, 15) is 9.59 Å². The zero-order chi connectivity index (χ0) is 13.6. The van der Waals surface area contributed by atoms with Gasteiger partial charge < -0.3 is 9.47 Å². The molecule has 0 spiro atoms. The lowest BCUT2D eigenvalue weighted by Crippen LogP contribution is -2.39. The molecule has 0 aromatic heterocycles. The molecule has 4 heteroatoms. The average Bonchev–Trinajstić information content (AvgIpc) is 2.59. The van der Waals surface area contributed by atoms with Crippen LogP contribution in [0.15, 0.2) is 11.6 Å². The molecule has 0 unspecified atom stereocenters. The van der Waals surface area contributed by atoms with Crippen LogP contribution in [0.2, 0.25) is 0 Å². The summed E-state index contributed by atoms with van der Waals surface area (Å²) in [5.74, 6) is -1.97. The zero-order valence-corrected chi connectivity index (χ0v) is 11.5. The summed E-state index contributed by atoms with van der Waals surface area (Å²) in [4.78, 5) is 22.4. The van der Waals surface area contributed by atoms with E-state index in [0.717, 1.165) is 37.7 Å². The molecule has 0 fully saturated rings. The minimum Gasteiger partial charge on any atom is -0.418 e. The lowest BCUT2D eigenvalue weighted by Gasteiger charge is -2.31. The Morgan fingerprint density at radius 1 is 1.22 bits per heavy atom. The van der Waals surface area contributed by atoms with E-state index in [1.807, 2.05) is 6.08 Å². The van der Waals surface area contributed by atoms with E-state index in [2.05, 4.69) is 6.92 Å². The van der Waals surface area contributed by atoms with Crippen molar-refractivity contribution in [3.05, 3.63) is 11.6 Å². The molecular formula is C14H22O4. The lowest BCUT2D eigenvalue weighted by molar-refractivity contribution is -0.212. The molecule has 0 heterocycles. The minimum absolute atomic E-state index is 0.417. The van der Waals surface area contributed by atoms with Gasteiger partial charge in [-0.25, -0.2) is 0 Å². The van der Waals surface area contributed by atoms with Gasteiger partial charge in [-0.15, -0.1) is 0 Å². The maximum absolute atomic E-state index is 11.2. The topological polar surface area (TPSA) is 52.6 Å². The van der Waals surface area contributed by atoms with Crippen molar-refractivity contribution in [2.75, 3.05) is 0 Å². The molecule has 0 aromatic rings. The maximum atomic E-state index is 11.2. The molecular weight excluding hydrogens is 232 g/mol. The summed E-state index contributed by atoms with van der Waals surface area (Å²) in [6.07, 6.45) is 7.42. The van der Waals surface area contributed by atoms with Gasteiger partial charge >= 0.3 is 11.9 Å². The number of hydrogen-bond acceptors (Lipinski definition) is 4. The summed E-state index contributed by atoms with van der Waals surface area (Å²) in [6.45, 7) is 4.81. The predicted molar refractivity (Wildman–Crippen MR) is 67.7 cm³/mol. The quantitative estimate of drug-likeness (QED) is 0.316. The van der Waals surface area contributed by atoms with Crippen molar-refractivity contribution in [2.45, 2.75) is 65.1 Å². The fraction of sp³-hybridized carbons (Fsp3) is 0.714. The number of unbranched alkanes of at least 4 members (excludes halogenated alkanes) is 2. The predicted octanol–water partition coefficient (Wildman–Crippen LogP) is 3.11. The molecule has 0 N–H and O–H groups in total. The van der Waals surface area contributed by atoms with Crippen LogP contribution in [0.5, 0.6) is 0 Å². The Morgan fingerprint density at radius 3 is 2.33 bits per heavy atom. The summed E-state index contributed by atoms with van der Waals surface area (Å²) >= 11 is 0. The fourth-order valence-electron chi connectivity index (χ4n) is 2.33. The number of ether oxygens (including phenoxy) is 2. The Bertz CT molecular complexity index is 328. The molecule has 0 bridgehead atoms. The van der Waals surface area contributed by atoms with Gasteiger partial charge in [-0.2, -0.15) is 0 Å². The Labute approximate surface area is 108 Å². The third kappa shape index (κ3) is 3.86. The van der Waals surface area contributed by atoms with Crippen LogP contribution in [-0.4, -0.2) is 17.7 Å². The number of hydrogen-bond donors (Lipinski definition) is 0. The zero-order valence-electron chi connectivity index (χ0n) is 11.5. The van der Waals surface area contributed by atoms with E-state index in [-0.39, 0.29) is 0 Å². The van der Waals surface area contributed by atoms with Crippen molar-refractivity contribution in [2.24, 2.45) is 0 Å². The van der Waals surface area contributed by atoms with Gasteiger partial charge in [0.05, 0.1) is 0 Å². The van der Waals surface area contributed by atoms with Crippen molar-refractivity contribution in [1.82, 2.24) is 0 Å². The largest absolute Gasteiger partial charge is 0.418 e. The van der Waals surface area contributed by atoms with E-state index in [1.165, 1.54) is 13.8 Å². The second-order valence-electron chi connectivity index (χ2n) is 4.67. The first-order valence-corrected chi connectivity index (χ1v) is 6.59. The lowest BCUT2D eigenvalue weighted by atomic mass is 10.0. The van der Waals surface area contributed by atoms with Crippen molar-refractivity contribution in [3.8, 4) is 0 Å². The molecule has 0 radical (unpaired) electrons. The molecule has 102 valence electrons. The molecule has 0 aliphatic heterocycles. The normalized spacial score (nSPS) is 17.2. The van der Waals surface area contributed by atoms with E-state index < -0.39 is 17.7 Å². The maximum Gasteiger partial charge on any atom is 0.306 e. The van der Waals surface area contributed by atoms with E-state index in [0.29, 0.717) is 6.42 Å². The second kappa shape index (κ2) is 6.57. The number of carbonyl (C=O) groups excluding carboxylic acids is 2. The number of rotatable bonds is 6. The van der Waals surface area contributed by atoms with E-state index >= 15 is 0 Å².